The van der Waals surface area contributed by atoms with E-state index in [0.29, 0.717) is 12.1 Å². The number of carbonyl (C=O) groups is 1. The van der Waals surface area contributed by atoms with Crippen molar-refractivity contribution in [1.82, 2.24) is 4.90 Å². The second-order valence-electron chi connectivity index (χ2n) is 4.85. The molecular weight excluding hydrogens is 206 g/mol. The average molecular weight is 227 g/mol. The summed E-state index contributed by atoms with van der Waals surface area (Å²) in [5.74, 6) is -0.696. The molecule has 1 N–H and O–H groups in total. The molecule has 1 saturated heterocycles. The first-order valence-corrected chi connectivity index (χ1v) is 6.32. The number of ether oxygens (including phenoxy) is 1. The summed E-state index contributed by atoms with van der Waals surface area (Å²) < 4.78 is 5.34. The van der Waals surface area contributed by atoms with Gasteiger partial charge < -0.3 is 9.84 Å². The maximum atomic E-state index is 10.9. The zero-order chi connectivity index (χ0) is 11.4. The van der Waals surface area contributed by atoms with E-state index in [0.717, 1.165) is 26.1 Å². The fourth-order valence-electron chi connectivity index (χ4n) is 2.97. The summed E-state index contributed by atoms with van der Waals surface area (Å²) in [5, 5.41) is 9.00. The second-order valence-corrected chi connectivity index (χ2v) is 4.85. The molecule has 0 aromatic rings. The number of carboxylic acid groups (broad SMARTS) is 1. The number of carboxylic acids is 1. The fourth-order valence-corrected chi connectivity index (χ4v) is 2.97. The Kier molecular flexibility index (Phi) is 4.18. The first-order valence-electron chi connectivity index (χ1n) is 6.32. The molecule has 1 saturated carbocycles. The van der Waals surface area contributed by atoms with Crippen LogP contribution in [0.4, 0.5) is 0 Å². The highest BCUT2D eigenvalue weighted by Gasteiger charge is 2.31. The smallest absolute Gasteiger partial charge is 0.317 e. The van der Waals surface area contributed by atoms with Gasteiger partial charge in [-0.3, -0.25) is 9.69 Å². The van der Waals surface area contributed by atoms with Crippen LogP contribution in [-0.2, 0) is 9.53 Å². The Labute approximate surface area is 96.6 Å². The fraction of sp³-hybridized carbons (Fsp3) is 0.917. The molecule has 0 radical (unpaired) electrons. The van der Waals surface area contributed by atoms with Crippen molar-refractivity contribution in [2.75, 3.05) is 19.8 Å². The topological polar surface area (TPSA) is 49.8 Å². The highest BCUT2D eigenvalue weighted by Crippen LogP contribution is 2.27. The Bertz CT molecular complexity index is 232. The van der Waals surface area contributed by atoms with Crippen molar-refractivity contribution in [3.8, 4) is 0 Å². The van der Waals surface area contributed by atoms with Crippen molar-refractivity contribution >= 4 is 5.97 Å². The number of rotatable bonds is 4. The van der Waals surface area contributed by atoms with Gasteiger partial charge in [0, 0.05) is 25.3 Å². The Morgan fingerprint density at radius 3 is 2.25 bits per heavy atom. The minimum absolute atomic E-state index is 0.204. The number of aliphatic carboxylic acids is 1. The van der Waals surface area contributed by atoms with Crippen LogP contribution in [0.5, 0.6) is 0 Å². The molecule has 1 aliphatic carbocycles. The van der Waals surface area contributed by atoms with Crippen LogP contribution in [0.1, 0.15) is 38.5 Å². The average Bonchev–Trinajstić information content (AvgIpc) is 2.80. The van der Waals surface area contributed by atoms with Gasteiger partial charge in [0.05, 0.1) is 6.54 Å². The number of nitrogens with zero attached hydrogens (tertiary/aromatic N) is 1. The van der Waals surface area contributed by atoms with Crippen molar-refractivity contribution in [3.63, 3.8) is 0 Å². The molecule has 92 valence electrons. The van der Waals surface area contributed by atoms with Crippen molar-refractivity contribution in [1.29, 1.82) is 0 Å². The van der Waals surface area contributed by atoms with Crippen LogP contribution < -0.4 is 0 Å². The lowest BCUT2D eigenvalue weighted by Crippen LogP contribution is -2.47. The molecule has 16 heavy (non-hydrogen) atoms. The van der Waals surface area contributed by atoms with E-state index in [2.05, 4.69) is 4.90 Å². The molecule has 0 spiro atoms. The normalized spacial score (nSPS) is 24.1. The largest absolute Gasteiger partial charge is 0.480 e. The Hall–Kier alpha value is -0.610. The summed E-state index contributed by atoms with van der Waals surface area (Å²) in [6.45, 7) is 1.77. The maximum absolute atomic E-state index is 10.9. The summed E-state index contributed by atoms with van der Waals surface area (Å²) >= 11 is 0. The van der Waals surface area contributed by atoms with Gasteiger partial charge in [-0.05, 0) is 25.7 Å². The Balaban J connectivity index is 1.96. The molecule has 4 nitrogen and oxygen atoms in total. The van der Waals surface area contributed by atoms with Crippen molar-refractivity contribution in [3.05, 3.63) is 0 Å². The predicted octanol–water partition coefficient (Wildman–Crippen LogP) is 1.49. The molecule has 0 aromatic heterocycles. The predicted molar refractivity (Wildman–Crippen MR) is 60.4 cm³/mol. The van der Waals surface area contributed by atoms with Gasteiger partial charge in [0.15, 0.2) is 0 Å². The SMILES string of the molecule is O=C(O)CN(C1CCCC1)C1CCOCC1. The summed E-state index contributed by atoms with van der Waals surface area (Å²) in [6, 6.07) is 0.923. The minimum atomic E-state index is -0.696. The summed E-state index contributed by atoms with van der Waals surface area (Å²) in [7, 11) is 0. The zero-order valence-corrected chi connectivity index (χ0v) is 9.73. The third kappa shape index (κ3) is 2.95. The molecule has 2 rings (SSSR count). The highest BCUT2D eigenvalue weighted by atomic mass is 16.5. The van der Waals surface area contributed by atoms with E-state index in [9.17, 15) is 4.79 Å². The molecule has 0 amide bonds. The van der Waals surface area contributed by atoms with Gasteiger partial charge in [0.2, 0.25) is 0 Å². The molecule has 1 heterocycles. The molecule has 0 unspecified atom stereocenters. The van der Waals surface area contributed by atoms with Gasteiger partial charge in [0.25, 0.3) is 0 Å². The van der Waals surface area contributed by atoms with Crippen LogP contribution in [0, 0.1) is 0 Å². The van der Waals surface area contributed by atoms with E-state index in [-0.39, 0.29) is 6.54 Å². The van der Waals surface area contributed by atoms with Crippen molar-refractivity contribution in [2.45, 2.75) is 50.6 Å². The van der Waals surface area contributed by atoms with Gasteiger partial charge in [0.1, 0.15) is 0 Å². The van der Waals surface area contributed by atoms with E-state index in [1.165, 1.54) is 25.7 Å². The third-order valence-corrected chi connectivity index (χ3v) is 3.77. The molecule has 1 aliphatic heterocycles. The van der Waals surface area contributed by atoms with Gasteiger partial charge in [-0.25, -0.2) is 0 Å². The molecule has 2 aliphatic rings. The van der Waals surface area contributed by atoms with Crippen molar-refractivity contribution in [2.24, 2.45) is 0 Å². The highest BCUT2D eigenvalue weighted by molar-refractivity contribution is 5.69. The van der Waals surface area contributed by atoms with E-state index in [1.54, 1.807) is 0 Å². The lowest BCUT2D eigenvalue weighted by molar-refractivity contribution is -0.140. The molecule has 0 aromatic carbocycles. The van der Waals surface area contributed by atoms with Crippen LogP contribution in [0.25, 0.3) is 0 Å². The lowest BCUT2D eigenvalue weighted by atomic mass is 10.0. The minimum Gasteiger partial charge on any atom is -0.480 e. The Morgan fingerprint density at radius 1 is 1.12 bits per heavy atom. The van der Waals surface area contributed by atoms with Crippen LogP contribution in [0.2, 0.25) is 0 Å². The summed E-state index contributed by atoms with van der Waals surface area (Å²) in [4.78, 5) is 13.2. The maximum Gasteiger partial charge on any atom is 0.317 e. The molecular formula is C12H21NO3. The van der Waals surface area contributed by atoms with Crippen LogP contribution in [0.15, 0.2) is 0 Å². The second kappa shape index (κ2) is 5.64. The molecule has 0 bridgehead atoms. The van der Waals surface area contributed by atoms with Crippen LogP contribution in [0.3, 0.4) is 0 Å². The summed E-state index contributed by atoms with van der Waals surface area (Å²) in [6.07, 6.45) is 6.83. The van der Waals surface area contributed by atoms with Gasteiger partial charge >= 0.3 is 5.97 Å². The lowest BCUT2D eigenvalue weighted by Gasteiger charge is -2.37. The summed E-state index contributed by atoms with van der Waals surface area (Å²) in [5.41, 5.74) is 0. The number of hydrogen-bond donors (Lipinski definition) is 1. The van der Waals surface area contributed by atoms with Crippen LogP contribution >= 0.6 is 0 Å². The molecule has 0 atom stereocenters. The zero-order valence-electron chi connectivity index (χ0n) is 9.73. The third-order valence-electron chi connectivity index (χ3n) is 3.77. The Morgan fingerprint density at radius 2 is 1.69 bits per heavy atom. The van der Waals surface area contributed by atoms with Gasteiger partial charge in [-0.2, -0.15) is 0 Å². The quantitative estimate of drug-likeness (QED) is 0.790. The van der Waals surface area contributed by atoms with Crippen molar-refractivity contribution < 1.29 is 14.6 Å². The van der Waals surface area contributed by atoms with Crippen LogP contribution in [-0.4, -0.2) is 47.8 Å². The standard InChI is InChI=1S/C12H21NO3/c14-12(15)9-13(10-3-1-2-4-10)11-5-7-16-8-6-11/h10-11H,1-9H2,(H,14,15). The van der Waals surface area contributed by atoms with E-state index < -0.39 is 5.97 Å². The number of hydrogen-bond acceptors (Lipinski definition) is 3. The molecule has 2 fully saturated rings. The first kappa shape index (κ1) is 11.9. The van der Waals surface area contributed by atoms with E-state index in [4.69, 9.17) is 9.84 Å². The monoisotopic (exact) mass is 227 g/mol. The molecule has 4 heteroatoms. The van der Waals surface area contributed by atoms with E-state index in [1.807, 2.05) is 0 Å². The van der Waals surface area contributed by atoms with Gasteiger partial charge in [-0.15, -0.1) is 0 Å². The van der Waals surface area contributed by atoms with Gasteiger partial charge in [-0.1, -0.05) is 12.8 Å². The first-order chi connectivity index (χ1) is 7.77. The van der Waals surface area contributed by atoms with E-state index >= 15 is 0 Å².